The Labute approximate surface area is 203 Å². The number of aromatic nitrogens is 2. The van der Waals surface area contributed by atoms with Crippen LogP contribution in [0.2, 0.25) is 0 Å². The largest absolute Gasteiger partial charge is 0.484 e. The van der Waals surface area contributed by atoms with Crippen LogP contribution >= 0.6 is 11.8 Å². The lowest BCUT2D eigenvalue weighted by atomic mass is 9.94. The Bertz CT molecular complexity index is 1100. The summed E-state index contributed by atoms with van der Waals surface area (Å²) in [6.45, 7) is 4.64. The van der Waals surface area contributed by atoms with Crippen molar-refractivity contribution in [2.75, 3.05) is 5.75 Å². The van der Waals surface area contributed by atoms with Crippen LogP contribution in [0.15, 0.2) is 52.1 Å². The number of halogens is 1. The fourth-order valence-electron chi connectivity index (χ4n) is 4.16. The van der Waals surface area contributed by atoms with Gasteiger partial charge in [0.2, 0.25) is 5.91 Å². The van der Waals surface area contributed by atoms with Gasteiger partial charge in [0.15, 0.2) is 6.61 Å². The Morgan fingerprint density at radius 1 is 1.12 bits per heavy atom. The third-order valence-electron chi connectivity index (χ3n) is 6.06. The van der Waals surface area contributed by atoms with E-state index in [4.69, 9.17) is 9.15 Å². The molecule has 0 unspecified atom stereocenters. The summed E-state index contributed by atoms with van der Waals surface area (Å²) in [6.07, 6.45) is 5.45. The lowest BCUT2D eigenvalue weighted by Crippen LogP contribution is -2.41. The van der Waals surface area contributed by atoms with Crippen molar-refractivity contribution in [2.45, 2.75) is 70.4 Å². The first-order valence-corrected chi connectivity index (χ1v) is 12.7. The van der Waals surface area contributed by atoms with Gasteiger partial charge >= 0.3 is 0 Å². The van der Waals surface area contributed by atoms with E-state index in [9.17, 15) is 9.18 Å². The van der Waals surface area contributed by atoms with Crippen molar-refractivity contribution in [3.05, 3.63) is 70.9 Å². The molecule has 0 spiro atoms. The van der Waals surface area contributed by atoms with E-state index in [0.29, 0.717) is 17.7 Å². The van der Waals surface area contributed by atoms with Crippen LogP contribution in [0.5, 0.6) is 5.75 Å². The van der Waals surface area contributed by atoms with E-state index in [-0.39, 0.29) is 30.1 Å². The van der Waals surface area contributed by atoms with Gasteiger partial charge in [0, 0.05) is 12.6 Å². The molecule has 180 valence electrons. The van der Waals surface area contributed by atoms with Crippen LogP contribution in [0, 0.1) is 19.7 Å². The van der Waals surface area contributed by atoms with E-state index in [1.807, 2.05) is 36.9 Å². The number of hydrogen-bond acceptors (Lipinski definition) is 6. The molecule has 1 heterocycles. The lowest BCUT2D eigenvalue weighted by Gasteiger charge is -2.34. The Morgan fingerprint density at radius 2 is 1.88 bits per heavy atom. The van der Waals surface area contributed by atoms with E-state index < -0.39 is 0 Å². The predicted octanol–water partition coefficient (Wildman–Crippen LogP) is 5.86. The average molecular weight is 484 g/mol. The molecule has 4 rings (SSSR count). The number of carbonyl (C=O) groups is 1. The molecular formula is C26H30FN3O3S. The molecule has 0 aliphatic heterocycles. The lowest BCUT2D eigenvalue weighted by molar-refractivity contribution is -0.132. The number of amides is 1. The standard InChI is InChI=1S/C26H30FN3O3S/c1-18-8-9-19(2)23(14-18)32-16-24-28-29-26(33-24)34-17-25(31)30(22-6-4-3-5-7-22)15-20-10-12-21(27)13-11-20/h8-14,22H,3-7,15-17H2,1-2H3. The van der Waals surface area contributed by atoms with Crippen molar-refractivity contribution in [3.8, 4) is 5.75 Å². The molecule has 0 radical (unpaired) electrons. The van der Waals surface area contributed by atoms with Crippen molar-refractivity contribution in [1.82, 2.24) is 15.1 Å². The molecule has 2 aromatic carbocycles. The van der Waals surface area contributed by atoms with Crippen molar-refractivity contribution >= 4 is 17.7 Å². The first-order chi connectivity index (χ1) is 16.5. The molecule has 3 aromatic rings. The van der Waals surface area contributed by atoms with E-state index in [1.165, 1.54) is 30.3 Å². The molecule has 0 N–H and O–H groups in total. The number of nitrogens with zero attached hydrogens (tertiary/aromatic N) is 3. The molecule has 6 nitrogen and oxygen atoms in total. The van der Waals surface area contributed by atoms with Gasteiger partial charge in [0.25, 0.3) is 11.1 Å². The first kappa shape index (κ1) is 24.3. The second kappa shape index (κ2) is 11.5. The van der Waals surface area contributed by atoms with Crippen LogP contribution in [-0.4, -0.2) is 32.8 Å². The molecule has 1 aromatic heterocycles. The third kappa shape index (κ3) is 6.59. The second-order valence-electron chi connectivity index (χ2n) is 8.75. The fraction of sp³-hybridized carbons (Fsp3) is 0.423. The normalized spacial score (nSPS) is 14.2. The summed E-state index contributed by atoms with van der Waals surface area (Å²) >= 11 is 1.23. The number of carbonyl (C=O) groups excluding carboxylic acids is 1. The van der Waals surface area contributed by atoms with Gasteiger partial charge in [0.05, 0.1) is 5.75 Å². The van der Waals surface area contributed by atoms with Gasteiger partial charge in [-0.1, -0.05) is 55.3 Å². The van der Waals surface area contributed by atoms with Crippen molar-refractivity contribution < 1.29 is 18.3 Å². The molecule has 0 bridgehead atoms. The monoisotopic (exact) mass is 483 g/mol. The average Bonchev–Trinajstić information content (AvgIpc) is 3.31. The molecule has 1 fully saturated rings. The minimum Gasteiger partial charge on any atom is -0.484 e. The van der Waals surface area contributed by atoms with Crippen molar-refractivity contribution in [2.24, 2.45) is 0 Å². The minimum absolute atomic E-state index is 0.0209. The predicted molar refractivity (Wildman–Crippen MR) is 129 cm³/mol. The van der Waals surface area contributed by atoms with Gasteiger partial charge < -0.3 is 14.1 Å². The molecule has 1 aliphatic carbocycles. The van der Waals surface area contributed by atoms with Crippen molar-refractivity contribution in [1.29, 1.82) is 0 Å². The van der Waals surface area contributed by atoms with Crippen LogP contribution < -0.4 is 4.74 Å². The van der Waals surface area contributed by atoms with Crippen LogP contribution in [-0.2, 0) is 17.9 Å². The first-order valence-electron chi connectivity index (χ1n) is 11.7. The third-order valence-corrected chi connectivity index (χ3v) is 6.87. The summed E-state index contributed by atoms with van der Waals surface area (Å²) in [6, 6.07) is 12.6. The van der Waals surface area contributed by atoms with Crippen LogP contribution in [0.4, 0.5) is 4.39 Å². The summed E-state index contributed by atoms with van der Waals surface area (Å²) in [5, 5.41) is 8.45. The maximum absolute atomic E-state index is 13.3. The zero-order valence-electron chi connectivity index (χ0n) is 19.6. The maximum Gasteiger partial charge on any atom is 0.277 e. The van der Waals surface area contributed by atoms with Crippen LogP contribution in [0.25, 0.3) is 0 Å². The molecule has 0 saturated heterocycles. The Hall–Kier alpha value is -2.87. The highest BCUT2D eigenvalue weighted by molar-refractivity contribution is 7.99. The number of ether oxygens (including phenoxy) is 1. The fourth-order valence-corrected chi connectivity index (χ4v) is 4.83. The van der Waals surface area contributed by atoms with Gasteiger partial charge in [-0.25, -0.2) is 4.39 Å². The quantitative estimate of drug-likeness (QED) is 0.355. The maximum atomic E-state index is 13.3. The smallest absolute Gasteiger partial charge is 0.277 e. The summed E-state index contributed by atoms with van der Waals surface area (Å²) in [5.74, 6) is 1.10. The molecule has 34 heavy (non-hydrogen) atoms. The molecule has 0 atom stereocenters. The summed E-state index contributed by atoms with van der Waals surface area (Å²) < 4.78 is 24.8. The van der Waals surface area contributed by atoms with Crippen molar-refractivity contribution in [3.63, 3.8) is 0 Å². The van der Waals surface area contributed by atoms with Crippen LogP contribution in [0.1, 0.15) is 54.7 Å². The van der Waals surface area contributed by atoms with E-state index in [1.54, 1.807) is 12.1 Å². The van der Waals surface area contributed by atoms with Crippen LogP contribution in [0.3, 0.4) is 0 Å². The zero-order chi connectivity index (χ0) is 23.9. The number of hydrogen-bond donors (Lipinski definition) is 0. The number of rotatable bonds is 9. The number of thioether (sulfide) groups is 1. The molecule has 8 heteroatoms. The number of aryl methyl sites for hydroxylation is 2. The topological polar surface area (TPSA) is 68.5 Å². The minimum atomic E-state index is -0.274. The van der Waals surface area contributed by atoms with Gasteiger partial charge in [-0.05, 0) is 61.6 Å². The Balaban J connectivity index is 1.35. The van der Waals surface area contributed by atoms with Gasteiger partial charge in [-0.15, -0.1) is 10.2 Å². The van der Waals surface area contributed by atoms with E-state index in [2.05, 4.69) is 10.2 Å². The van der Waals surface area contributed by atoms with E-state index in [0.717, 1.165) is 48.1 Å². The Morgan fingerprint density at radius 3 is 2.65 bits per heavy atom. The molecule has 1 amide bonds. The summed E-state index contributed by atoms with van der Waals surface area (Å²) in [4.78, 5) is 15.1. The summed E-state index contributed by atoms with van der Waals surface area (Å²) in [5.41, 5.74) is 3.08. The van der Waals surface area contributed by atoms with E-state index >= 15 is 0 Å². The highest BCUT2D eigenvalue weighted by Crippen LogP contribution is 2.26. The highest BCUT2D eigenvalue weighted by atomic mass is 32.2. The van der Waals surface area contributed by atoms with Gasteiger partial charge in [-0.3, -0.25) is 4.79 Å². The highest BCUT2D eigenvalue weighted by Gasteiger charge is 2.26. The Kier molecular flexibility index (Phi) is 8.21. The SMILES string of the molecule is Cc1ccc(C)c(OCc2nnc(SCC(=O)N(Cc3ccc(F)cc3)C3CCCCC3)o2)c1. The van der Waals surface area contributed by atoms with Gasteiger partial charge in [-0.2, -0.15) is 0 Å². The molecule has 1 saturated carbocycles. The zero-order valence-corrected chi connectivity index (χ0v) is 20.4. The molecule has 1 aliphatic rings. The second-order valence-corrected chi connectivity index (χ2v) is 9.67. The summed E-state index contributed by atoms with van der Waals surface area (Å²) in [7, 11) is 0. The molecular weight excluding hydrogens is 453 g/mol. The number of benzene rings is 2. The van der Waals surface area contributed by atoms with Gasteiger partial charge in [0.1, 0.15) is 11.6 Å².